The Hall–Kier alpha value is -1.41. The molecule has 1 amide bonds. The van der Waals surface area contributed by atoms with E-state index < -0.39 is 10.0 Å². The molecule has 1 aliphatic rings. The first-order valence-electron chi connectivity index (χ1n) is 8.33. The van der Waals surface area contributed by atoms with Crippen LogP contribution in [0.1, 0.15) is 51.5 Å². The van der Waals surface area contributed by atoms with Gasteiger partial charge in [-0.25, -0.2) is 8.42 Å². The number of nitrogens with one attached hydrogen (secondary N) is 1. The molecule has 0 aromatic carbocycles. The van der Waals surface area contributed by atoms with E-state index in [1.165, 1.54) is 4.31 Å². The quantitative estimate of drug-likeness (QED) is 0.870. The maximum absolute atomic E-state index is 12.8. The Kier molecular flexibility index (Phi) is 5.39. The summed E-state index contributed by atoms with van der Waals surface area (Å²) in [5, 5.41) is 6.77. The van der Waals surface area contributed by atoms with Crippen molar-refractivity contribution in [2.24, 2.45) is 5.92 Å². The Labute approximate surface area is 143 Å². The lowest BCUT2D eigenvalue weighted by Crippen LogP contribution is -2.49. The molecule has 1 aromatic rings. The number of hydrogen-bond acceptors (Lipinski definition) is 5. The molecule has 1 saturated heterocycles. The van der Waals surface area contributed by atoms with Crippen molar-refractivity contribution in [1.82, 2.24) is 14.8 Å². The molecule has 0 aliphatic carbocycles. The van der Waals surface area contributed by atoms with Crippen LogP contribution in [-0.2, 0) is 14.8 Å². The Morgan fingerprint density at radius 3 is 2.38 bits per heavy atom. The molecule has 136 valence electrons. The molecule has 2 heterocycles. The van der Waals surface area contributed by atoms with E-state index in [-0.39, 0.29) is 22.3 Å². The molecule has 8 heteroatoms. The van der Waals surface area contributed by atoms with Crippen molar-refractivity contribution in [3.05, 3.63) is 11.5 Å². The van der Waals surface area contributed by atoms with Crippen LogP contribution in [0.3, 0.4) is 0 Å². The maximum atomic E-state index is 12.8. The first-order valence-corrected chi connectivity index (χ1v) is 9.77. The van der Waals surface area contributed by atoms with Crippen LogP contribution in [0.4, 0.5) is 0 Å². The highest BCUT2D eigenvalue weighted by atomic mass is 32.2. The van der Waals surface area contributed by atoms with Crippen LogP contribution in [0.5, 0.6) is 0 Å². The molecular formula is C16H27N3O4S. The molecule has 0 spiro atoms. The van der Waals surface area contributed by atoms with E-state index in [4.69, 9.17) is 4.52 Å². The molecule has 1 N–H and O–H groups in total. The summed E-state index contributed by atoms with van der Waals surface area (Å²) < 4.78 is 31.9. The fraction of sp³-hybridized carbons (Fsp3) is 0.750. The van der Waals surface area contributed by atoms with Gasteiger partial charge in [-0.1, -0.05) is 12.1 Å². The van der Waals surface area contributed by atoms with Crippen molar-refractivity contribution >= 4 is 15.9 Å². The molecule has 1 aliphatic heterocycles. The Morgan fingerprint density at radius 1 is 1.33 bits per heavy atom. The summed E-state index contributed by atoms with van der Waals surface area (Å²) in [4.78, 5) is 12.5. The van der Waals surface area contributed by atoms with Gasteiger partial charge >= 0.3 is 0 Å². The molecule has 0 radical (unpaired) electrons. The van der Waals surface area contributed by atoms with Crippen molar-refractivity contribution in [1.29, 1.82) is 0 Å². The van der Waals surface area contributed by atoms with Gasteiger partial charge in [-0.15, -0.1) is 0 Å². The highest BCUT2D eigenvalue weighted by Gasteiger charge is 2.36. The number of hydrogen-bond donors (Lipinski definition) is 1. The number of aromatic nitrogens is 1. The number of nitrogens with zero attached hydrogens (tertiary/aromatic N) is 2. The topological polar surface area (TPSA) is 92.5 Å². The van der Waals surface area contributed by atoms with Crippen LogP contribution in [0.25, 0.3) is 0 Å². The Morgan fingerprint density at radius 2 is 1.92 bits per heavy atom. The van der Waals surface area contributed by atoms with Gasteiger partial charge in [-0.05, 0) is 47.0 Å². The lowest BCUT2D eigenvalue weighted by Gasteiger charge is -2.33. The second-order valence-electron chi connectivity index (χ2n) is 7.06. The molecule has 0 saturated carbocycles. The summed E-state index contributed by atoms with van der Waals surface area (Å²) in [7, 11) is -3.62. The van der Waals surface area contributed by atoms with E-state index >= 15 is 0 Å². The summed E-state index contributed by atoms with van der Waals surface area (Å²) in [5.41, 5.74) is 0.133. The molecule has 1 fully saturated rings. The normalized spacial score (nSPS) is 17.9. The standard InChI is InChI=1S/C16H27N3O4S/c1-6-16(4,5)17-15(20)13-7-9-19(10-8-13)24(21,22)14-11(2)18-23-12(14)3/h13H,6-10H2,1-5H3,(H,17,20). The Balaban J connectivity index is 2.04. The van der Waals surface area contributed by atoms with Gasteiger partial charge < -0.3 is 9.84 Å². The van der Waals surface area contributed by atoms with Gasteiger partial charge in [0, 0.05) is 24.5 Å². The fourth-order valence-electron chi connectivity index (χ4n) is 2.85. The van der Waals surface area contributed by atoms with E-state index in [1.807, 2.05) is 20.8 Å². The van der Waals surface area contributed by atoms with Gasteiger partial charge in [0.15, 0.2) is 5.76 Å². The monoisotopic (exact) mass is 357 g/mol. The van der Waals surface area contributed by atoms with Gasteiger partial charge in [0.05, 0.1) is 0 Å². The van der Waals surface area contributed by atoms with Crippen molar-refractivity contribution in [3.8, 4) is 0 Å². The minimum absolute atomic E-state index is 0.0104. The van der Waals surface area contributed by atoms with E-state index in [0.29, 0.717) is 37.4 Å². The van der Waals surface area contributed by atoms with E-state index in [2.05, 4.69) is 10.5 Å². The SMILES string of the molecule is CCC(C)(C)NC(=O)C1CCN(S(=O)(=O)c2c(C)noc2C)CC1. The number of rotatable bonds is 5. The van der Waals surface area contributed by atoms with Crippen LogP contribution in [0.15, 0.2) is 9.42 Å². The highest BCUT2D eigenvalue weighted by molar-refractivity contribution is 7.89. The molecule has 2 rings (SSSR count). The summed E-state index contributed by atoms with van der Waals surface area (Å²) in [6, 6.07) is 0. The van der Waals surface area contributed by atoms with E-state index in [1.54, 1.807) is 13.8 Å². The average Bonchev–Trinajstić information content (AvgIpc) is 2.86. The van der Waals surface area contributed by atoms with Gasteiger partial charge in [-0.2, -0.15) is 4.31 Å². The lowest BCUT2D eigenvalue weighted by molar-refractivity contribution is -0.127. The van der Waals surface area contributed by atoms with Crippen LogP contribution in [0.2, 0.25) is 0 Å². The van der Waals surface area contributed by atoms with Gasteiger partial charge in [0.25, 0.3) is 0 Å². The van der Waals surface area contributed by atoms with E-state index in [9.17, 15) is 13.2 Å². The largest absolute Gasteiger partial charge is 0.360 e. The first-order chi connectivity index (χ1) is 11.1. The zero-order valence-electron chi connectivity index (χ0n) is 15.0. The van der Waals surface area contributed by atoms with Crippen molar-refractivity contribution in [2.75, 3.05) is 13.1 Å². The highest BCUT2D eigenvalue weighted by Crippen LogP contribution is 2.28. The number of sulfonamides is 1. The summed E-state index contributed by atoms with van der Waals surface area (Å²) in [6.07, 6.45) is 1.89. The first kappa shape index (κ1) is 18.9. The summed E-state index contributed by atoms with van der Waals surface area (Å²) >= 11 is 0. The van der Waals surface area contributed by atoms with Crippen LogP contribution in [-0.4, -0.2) is 42.4 Å². The molecular weight excluding hydrogens is 330 g/mol. The third-order valence-corrected chi connectivity index (χ3v) is 6.88. The molecule has 7 nitrogen and oxygen atoms in total. The van der Waals surface area contributed by atoms with Crippen LogP contribution < -0.4 is 5.32 Å². The molecule has 0 bridgehead atoms. The van der Waals surface area contributed by atoms with Crippen molar-refractivity contribution in [3.63, 3.8) is 0 Å². The van der Waals surface area contributed by atoms with Crippen LogP contribution >= 0.6 is 0 Å². The fourth-order valence-corrected chi connectivity index (χ4v) is 4.62. The van der Waals surface area contributed by atoms with Gasteiger partial charge in [0.2, 0.25) is 15.9 Å². The zero-order chi connectivity index (χ0) is 18.1. The molecule has 0 atom stereocenters. The van der Waals surface area contributed by atoms with Crippen molar-refractivity contribution in [2.45, 2.75) is 64.3 Å². The number of amides is 1. The second-order valence-corrected chi connectivity index (χ2v) is 8.93. The second kappa shape index (κ2) is 6.84. The minimum Gasteiger partial charge on any atom is -0.360 e. The predicted octanol–water partition coefficient (Wildman–Crippen LogP) is 2.00. The van der Waals surface area contributed by atoms with E-state index in [0.717, 1.165) is 6.42 Å². The summed E-state index contributed by atoms with van der Waals surface area (Å²) in [6.45, 7) is 9.88. The van der Waals surface area contributed by atoms with Crippen molar-refractivity contribution < 1.29 is 17.7 Å². The van der Waals surface area contributed by atoms with Gasteiger partial charge in [0.1, 0.15) is 10.6 Å². The third-order valence-electron chi connectivity index (χ3n) is 4.74. The number of piperidine rings is 1. The van der Waals surface area contributed by atoms with Crippen LogP contribution in [0, 0.1) is 19.8 Å². The minimum atomic E-state index is -3.62. The van der Waals surface area contributed by atoms with Gasteiger partial charge in [-0.3, -0.25) is 4.79 Å². The zero-order valence-corrected chi connectivity index (χ0v) is 15.9. The number of carbonyl (C=O) groups excluding carboxylic acids is 1. The Bertz CT molecular complexity index is 681. The molecule has 0 unspecified atom stereocenters. The smallest absolute Gasteiger partial charge is 0.248 e. The number of aryl methyl sites for hydroxylation is 2. The summed E-state index contributed by atoms with van der Waals surface area (Å²) in [5.74, 6) is 0.167. The number of carbonyl (C=O) groups is 1. The average molecular weight is 357 g/mol. The maximum Gasteiger partial charge on any atom is 0.248 e. The molecule has 24 heavy (non-hydrogen) atoms. The molecule has 1 aromatic heterocycles. The third kappa shape index (κ3) is 3.80. The predicted molar refractivity (Wildman–Crippen MR) is 90.0 cm³/mol. The lowest BCUT2D eigenvalue weighted by atomic mass is 9.94.